The predicted molar refractivity (Wildman–Crippen MR) is 55.7 cm³/mol. The lowest BCUT2D eigenvalue weighted by Gasteiger charge is -2.11. The molecule has 0 bridgehead atoms. The van der Waals surface area contributed by atoms with E-state index in [1.54, 1.807) is 6.92 Å². The quantitative estimate of drug-likeness (QED) is 0.246. The van der Waals surface area contributed by atoms with E-state index in [9.17, 15) is 26.4 Å². The number of allylic oxidation sites excluding steroid dienone is 1. The van der Waals surface area contributed by atoms with E-state index in [0.29, 0.717) is 12.5 Å². The maximum atomic E-state index is 12.1. The van der Waals surface area contributed by atoms with Crippen molar-refractivity contribution >= 4 is 16.1 Å². The molecule has 0 aliphatic rings. The van der Waals surface area contributed by atoms with Crippen LogP contribution in [-0.2, 0) is 23.8 Å². The zero-order valence-electron chi connectivity index (χ0n) is 9.78. The fraction of sp³-hybridized carbons (Fsp3) is 0.667. The molecular weight excluding hydrogens is 277 g/mol. The summed E-state index contributed by atoms with van der Waals surface area (Å²) in [5.41, 5.74) is -5.53. The van der Waals surface area contributed by atoms with Crippen molar-refractivity contribution in [2.75, 3.05) is 6.61 Å². The van der Waals surface area contributed by atoms with Crippen LogP contribution in [0, 0.1) is 0 Å². The van der Waals surface area contributed by atoms with Crippen LogP contribution in [-0.4, -0.2) is 26.5 Å². The third-order valence-electron chi connectivity index (χ3n) is 1.56. The lowest BCUT2D eigenvalue weighted by Crippen LogP contribution is -2.25. The monoisotopic (exact) mass is 290 g/mol. The summed E-state index contributed by atoms with van der Waals surface area (Å²) in [5, 5.41) is 0. The van der Waals surface area contributed by atoms with E-state index in [0.717, 1.165) is 0 Å². The maximum Gasteiger partial charge on any atom is 0.534 e. The first-order valence-corrected chi connectivity index (χ1v) is 6.43. The van der Waals surface area contributed by atoms with Gasteiger partial charge in [-0.1, -0.05) is 6.92 Å². The van der Waals surface area contributed by atoms with E-state index in [1.165, 1.54) is 6.92 Å². The van der Waals surface area contributed by atoms with Crippen LogP contribution in [0.5, 0.6) is 0 Å². The SMILES string of the molecule is CCCC(=CC(=O)OCC)OS(=O)(=O)C(F)(F)F. The van der Waals surface area contributed by atoms with Gasteiger partial charge in [0, 0.05) is 6.42 Å². The minimum absolute atomic E-state index is 0.0146. The van der Waals surface area contributed by atoms with Gasteiger partial charge >= 0.3 is 21.6 Å². The van der Waals surface area contributed by atoms with Crippen molar-refractivity contribution in [1.82, 2.24) is 0 Å². The predicted octanol–water partition coefficient (Wildman–Crippen LogP) is 2.10. The molecule has 0 fully saturated rings. The van der Waals surface area contributed by atoms with Crippen LogP contribution < -0.4 is 0 Å². The van der Waals surface area contributed by atoms with Crippen LogP contribution in [0.15, 0.2) is 11.8 Å². The van der Waals surface area contributed by atoms with Gasteiger partial charge in [-0.25, -0.2) is 4.79 Å². The maximum absolute atomic E-state index is 12.1. The smallest absolute Gasteiger partial charge is 0.463 e. The molecule has 0 saturated carbocycles. The summed E-state index contributed by atoms with van der Waals surface area (Å²) in [4.78, 5) is 11.0. The van der Waals surface area contributed by atoms with Gasteiger partial charge in [0.05, 0.1) is 12.7 Å². The molecule has 0 spiro atoms. The number of halogens is 3. The number of rotatable bonds is 6. The Morgan fingerprint density at radius 3 is 2.22 bits per heavy atom. The summed E-state index contributed by atoms with van der Waals surface area (Å²) >= 11 is 0. The van der Waals surface area contributed by atoms with Crippen molar-refractivity contribution in [2.45, 2.75) is 32.2 Å². The number of ether oxygens (including phenoxy) is 1. The highest BCUT2D eigenvalue weighted by atomic mass is 32.2. The second kappa shape index (κ2) is 6.62. The first kappa shape index (κ1) is 16.8. The summed E-state index contributed by atoms with van der Waals surface area (Å²) in [6, 6.07) is 0. The van der Waals surface area contributed by atoms with E-state index in [4.69, 9.17) is 0 Å². The van der Waals surface area contributed by atoms with Crippen LogP contribution in [0.1, 0.15) is 26.7 Å². The van der Waals surface area contributed by atoms with Crippen molar-refractivity contribution < 1.29 is 35.3 Å². The molecule has 0 aromatic heterocycles. The molecule has 0 radical (unpaired) electrons. The van der Waals surface area contributed by atoms with Crippen LogP contribution in [0.3, 0.4) is 0 Å². The highest BCUT2D eigenvalue weighted by Gasteiger charge is 2.48. The van der Waals surface area contributed by atoms with Gasteiger partial charge in [0.15, 0.2) is 0 Å². The Morgan fingerprint density at radius 1 is 1.28 bits per heavy atom. The number of carbonyl (C=O) groups excluding carboxylic acids is 1. The molecule has 0 heterocycles. The molecule has 18 heavy (non-hydrogen) atoms. The van der Waals surface area contributed by atoms with Crippen LogP contribution in [0.25, 0.3) is 0 Å². The van der Waals surface area contributed by atoms with E-state index < -0.39 is 27.4 Å². The standard InChI is InChI=1S/C9H13F3O5S/c1-3-5-7(6-8(13)16-4-2)17-18(14,15)9(10,11)12/h6H,3-5H2,1-2H3. The third kappa shape index (κ3) is 5.39. The normalized spacial score (nSPS) is 13.3. The molecule has 0 atom stereocenters. The summed E-state index contributed by atoms with van der Waals surface area (Å²) in [5.74, 6) is -1.56. The minimum Gasteiger partial charge on any atom is -0.463 e. The highest BCUT2D eigenvalue weighted by molar-refractivity contribution is 7.87. The minimum atomic E-state index is -5.76. The number of hydrogen-bond donors (Lipinski definition) is 0. The number of hydrogen-bond acceptors (Lipinski definition) is 5. The van der Waals surface area contributed by atoms with E-state index in [1.807, 2.05) is 0 Å². The van der Waals surface area contributed by atoms with Gasteiger partial charge in [-0.3, -0.25) is 0 Å². The second-order valence-corrected chi connectivity index (χ2v) is 4.63. The molecule has 0 aromatic rings. The van der Waals surface area contributed by atoms with Gasteiger partial charge < -0.3 is 8.92 Å². The molecule has 0 unspecified atom stereocenters. The molecule has 0 amide bonds. The van der Waals surface area contributed by atoms with Crippen molar-refractivity contribution in [1.29, 1.82) is 0 Å². The van der Waals surface area contributed by atoms with Crippen molar-refractivity contribution in [3.05, 3.63) is 11.8 Å². The van der Waals surface area contributed by atoms with Gasteiger partial charge in [0.2, 0.25) is 0 Å². The Balaban J connectivity index is 5.01. The van der Waals surface area contributed by atoms with Gasteiger partial charge in [0.1, 0.15) is 5.76 Å². The number of carbonyl (C=O) groups is 1. The molecule has 0 aliphatic heterocycles. The number of esters is 1. The average molecular weight is 290 g/mol. The second-order valence-electron chi connectivity index (χ2n) is 3.10. The average Bonchev–Trinajstić information content (AvgIpc) is 2.15. The Hall–Kier alpha value is -1.25. The third-order valence-corrected chi connectivity index (χ3v) is 2.56. The summed E-state index contributed by atoms with van der Waals surface area (Å²) in [6.07, 6.45) is 0.767. The fourth-order valence-corrected chi connectivity index (χ4v) is 1.40. The van der Waals surface area contributed by atoms with Crippen LogP contribution in [0.2, 0.25) is 0 Å². The molecule has 106 valence electrons. The Morgan fingerprint density at radius 2 is 1.83 bits per heavy atom. The molecule has 0 aliphatic carbocycles. The van der Waals surface area contributed by atoms with Crippen molar-refractivity contribution in [2.24, 2.45) is 0 Å². The lowest BCUT2D eigenvalue weighted by molar-refractivity contribution is -0.137. The van der Waals surface area contributed by atoms with Crippen LogP contribution in [0.4, 0.5) is 13.2 Å². The van der Waals surface area contributed by atoms with E-state index in [2.05, 4.69) is 8.92 Å². The zero-order chi connectivity index (χ0) is 14.4. The first-order chi connectivity index (χ1) is 8.14. The Bertz CT molecular complexity index is 410. The van der Waals surface area contributed by atoms with Gasteiger partial charge in [-0.15, -0.1) is 0 Å². The molecule has 0 N–H and O–H groups in total. The largest absolute Gasteiger partial charge is 0.534 e. The highest BCUT2D eigenvalue weighted by Crippen LogP contribution is 2.27. The van der Waals surface area contributed by atoms with Gasteiger partial charge in [0.25, 0.3) is 0 Å². The van der Waals surface area contributed by atoms with E-state index in [-0.39, 0.29) is 13.0 Å². The number of alkyl halides is 3. The molecule has 0 saturated heterocycles. The van der Waals surface area contributed by atoms with Crippen LogP contribution >= 0.6 is 0 Å². The first-order valence-electron chi connectivity index (χ1n) is 5.02. The van der Waals surface area contributed by atoms with Gasteiger partial charge in [-0.2, -0.15) is 21.6 Å². The summed E-state index contributed by atoms with van der Waals surface area (Å²) < 4.78 is 66.0. The molecule has 0 rings (SSSR count). The molecule has 0 aromatic carbocycles. The van der Waals surface area contributed by atoms with Gasteiger partial charge in [-0.05, 0) is 13.3 Å². The molecule has 9 heteroatoms. The lowest BCUT2D eigenvalue weighted by atomic mass is 10.3. The molecule has 5 nitrogen and oxygen atoms in total. The topological polar surface area (TPSA) is 69.7 Å². The summed E-state index contributed by atoms with van der Waals surface area (Å²) in [7, 11) is -5.76. The fourth-order valence-electron chi connectivity index (χ4n) is 0.888. The van der Waals surface area contributed by atoms with E-state index >= 15 is 0 Å². The molecular formula is C9H13F3O5S. The summed E-state index contributed by atoms with van der Waals surface area (Å²) in [6.45, 7) is 3.10. The zero-order valence-corrected chi connectivity index (χ0v) is 10.6. The Labute approximate surface area is 103 Å². The Kier molecular flexibility index (Phi) is 6.16. The van der Waals surface area contributed by atoms with Crippen molar-refractivity contribution in [3.8, 4) is 0 Å². The van der Waals surface area contributed by atoms with Crippen molar-refractivity contribution in [3.63, 3.8) is 0 Å².